The molecule has 3 rings (SSSR count). The first kappa shape index (κ1) is 16.1. The van der Waals surface area contributed by atoms with Crippen LogP contribution in [0, 0.1) is 13.8 Å². The lowest BCUT2D eigenvalue weighted by Gasteiger charge is -2.10. The zero-order valence-corrected chi connectivity index (χ0v) is 14.3. The topological polar surface area (TPSA) is 54.1 Å². The average molecular weight is 322 g/mol. The van der Waals surface area contributed by atoms with E-state index in [-0.39, 0.29) is 5.91 Å². The van der Waals surface area contributed by atoms with E-state index < -0.39 is 0 Å². The molecule has 0 spiro atoms. The van der Waals surface area contributed by atoms with Crippen LogP contribution in [0.1, 0.15) is 34.1 Å². The van der Waals surface area contributed by atoms with Gasteiger partial charge in [0, 0.05) is 23.0 Å². The van der Waals surface area contributed by atoms with Crippen molar-refractivity contribution in [2.24, 2.45) is 0 Å². The number of rotatable bonds is 5. The molecule has 0 saturated heterocycles. The summed E-state index contributed by atoms with van der Waals surface area (Å²) in [7, 11) is 0. The van der Waals surface area contributed by atoms with Crippen LogP contribution in [-0.2, 0) is 6.54 Å². The van der Waals surface area contributed by atoms with Gasteiger partial charge in [-0.25, -0.2) is 0 Å². The van der Waals surface area contributed by atoms with Crippen molar-refractivity contribution in [3.63, 3.8) is 0 Å². The Morgan fingerprint density at radius 1 is 1.17 bits per heavy atom. The molecule has 0 saturated carbocycles. The van der Waals surface area contributed by atoms with Crippen LogP contribution in [0.5, 0.6) is 5.75 Å². The van der Waals surface area contributed by atoms with Crippen LogP contribution in [0.25, 0.3) is 10.9 Å². The molecule has 4 nitrogen and oxygen atoms in total. The molecule has 2 aromatic carbocycles. The van der Waals surface area contributed by atoms with Gasteiger partial charge in [0.15, 0.2) is 0 Å². The highest BCUT2D eigenvalue weighted by Crippen LogP contribution is 2.22. The van der Waals surface area contributed by atoms with Gasteiger partial charge in [0.2, 0.25) is 0 Å². The second-order valence-corrected chi connectivity index (χ2v) is 5.95. The minimum atomic E-state index is -0.116. The van der Waals surface area contributed by atoms with Crippen molar-refractivity contribution in [3.05, 3.63) is 64.8 Å². The van der Waals surface area contributed by atoms with Crippen molar-refractivity contribution in [1.82, 2.24) is 10.3 Å². The molecule has 1 amide bonds. The minimum Gasteiger partial charge on any atom is -0.494 e. The molecule has 4 heteroatoms. The second-order valence-electron chi connectivity index (χ2n) is 5.95. The Labute approximate surface area is 141 Å². The van der Waals surface area contributed by atoms with E-state index in [9.17, 15) is 4.79 Å². The molecule has 0 bridgehead atoms. The number of H-pyrrole nitrogens is 1. The molecular weight excluding hydrogens is 300 g/mol. The van der Waals surface area contributed by atoms with E-state index in [4.69, 9.17) is 4.74 Å². The van der Waals surface area contributed by atoms with Crippen LogP contribution < -0.4 is 10.1 Å². The molecule has 0 aliphatic rings. The smallest absolute Gasteiger partial charge is 0.267 e. The van der Waals surface area contributed by atoms with Crippen molar-refractivity contribution in [1.29, 1.82) is 0 Å². The van der Waals surface area contributed by atoms with E-state index in [1.54, 1.807) is 0 Å². The van der Waals surface area contributed by atoms with Crippen LogP contribution in [0.15, 0.2) is 42.5 Å². The maximum atomic E-state index is 12.5. The number of fused-ring (bicyclic) bond motifs is 1. The van der Waals surface area contributed by atoms with Crippen molar-refractivity contribution in [2.75, 3.05) is 6.61 Å². The summed E-state index contributed by atoms with van der Waals surface area (Å²) in [6.07, 6.45) is 0. The molecule has 0 atom stereocenters. The summed E-state index contributed by atoms with van der Waals surface area (Å²) in [4.78, 5) is 15.7. The first-order valence-electron chi connectivity index (χ1n) is 8.17. The fourth-order valence-corrected chi connectivity index (χ4v) is 2.94. The third-order valence-electron chi connectivity index (χ3n) is 4.05. The predicted octanol–water partition coefficient (Wildman–Crippen LogP) is 4.11. The van der Waals surface area contributed by atoms with Gasteiger partial charge in [0.1, 0.15) is 11.4 Å². The molecule has 3 aromatic rings. The Balaban J connectivity index is 1.77. The summed E-state index contributed by atoms with van der Waals surface area (Å²) in [6, 6.07) is 13.8. The molecule has 0 aliphatic heterocycles. The van der Waals surface area contributed by atoms with Crippen LogP contribution in [-0.4, -0.2) is 17.5 Å². The van der Waals surface area contributed by atoms with E-state index in [0.717, 1.165) is 22.2 Å². The number of carbonyl (C=O) groups is 1. The Morgan fingerprint density at radius 3 is 2.75 bits per heavy atom. The van der Waals surface area contributed by atoms with Crippen molar-refractivity contribution in [3.8, 4) is 5.75 Å². The fourth-order valence-electron chi connectivity index (χ4n) is 2.94. The van der Waals surface area contributed by atoms with E-state index >= 15 is 0 Å². The maximum Gasteiger partial charge on any atom is 0.267 e. The molecule has 124 valence electrons. The standard InChI is InChI=1S/C20H22N2O2/c1-4-24-19-8-6-5-7-15(19)12-21-20(23)18-11-16-14(3)9-13(2)10-17(16)22-18/h5-11,22H,4,12H2,1-3H3,(H,21,23). The quantitative estimate of drug-likeness (QED) is 0.742. The van der Waals surface area contributed by atoms with Crippen LogP contribution in [0.2, 0.25) is 0 Å². The molecule has 0 unspecified atom stereocenters. The Kier molecular flexibility index (Phi) is 4.56. The monoisotopic (exact) mass is 322 g/mol. The highest BCUT2D eigenvalue weighted by atomic mass is 16.5. The number of nitrogens with one attached hydrogen (secondary N) is 2. The molecule has 0 aliphatic carbocycles. The summed E-state index contributed by atoms with van der Waals surface area (Å²) >= 11 is 0. The number of aromatic nitrogens is 1. The van der Waals surface area contributed by atoms with Gasteiger partial charge < -0.3 is 15.0 Å². The van der Waals surface area contributed by atoms with Gasteiger partial charge in [-0.05, 0) is 50.1 Å². The molecule has 1 aromatic heterocycles. The lowest BCUT2D eigenvalue weighted by atomic mass is 10.1. The molecule has 1 heterocycles. The van der Waals surface area contributed by atoms with Crippen LogP contribution >= 0.6 is 0 Å². The van der Waals surface area contributed by atoms with Gasteiger partial charge in [-0.3, -0.25) is 4.79 Å². The first-order valence-corrected chi connectivity index (χ1v) is 8.17. The Morgan fingerprint density at radius 2 is 1.96 bits per heavy atom. The SMILES string of the molecule is CCOc1ccccc1CNC(=O)c1cc2c(C)cc(C)cc2[nH]1. The summed E-state index contributed by atoms with van der Waals surface area (Å²) in [5, 5.41) is 4.04. The largest absolute Gasteiger partial charge is 0.494 e. The van der Waals surface area contributed by atoms with Gasteiger partial charge in [0.25, 0.3) is 5.91 Å². The average Bonchev–Trinajstić information content (AvgIpc) is 2.98. The highest BCUT2D eigenvalue weighted by molar-refractivity contribution is 5.99. The summed E-state index contributed by atoms with van der Waals surface area (Å²) in [6.45, 7) is 7.10. The molecule has 0 fully saturated rings. The highest BCUT2D eigenvalue weighted by Gasteiger charge is 2.12. The number of benzene rings is 2. The number of carbonyl (C=O) groups excluding carboxylic acids is 1. The van der Waals surface area contributed by atoms with Gasteiger partial charge in [-0.15, -0.1) is 0 Å². The van der Waals surface area contributed by atoms with E-state index in [1.165, 1.54) is 11.1 Å². The molecule has 24 heavy (non-hydrogen) atoms. The molecule has 0 radical (unpaired) electrons. The fraction of sp³-hybridized carbons (Fsp3) is 0.250. The lowest BCUT2D eigenvalue weighted by Crippen LogP contribution is -2.23. The number of aromatic amines is 1. The van der Waals surface area contributed by atoms with Gasteiger partial charge in [0.05, 0.1) is 6.61 Å². The van der Waals surface area contributed by atoms with Gasteiger partial charge in [-0.1, -0.05) is 24.3 Å². The molecular formula is C20H22N2O2. The minimum absolute atomic E-state index is 0.116. The van der Waals surface area contributed by atoms with E-state index in [1.807, 2.05) is 37.3 Å². The molecule has 2 N–H and O–H groups in total. The van der Waals surface area contributed by atoms with Gasteiger partial charge >= 0.3 is 0 Å². The van der Waals surface area contributed by atoms with Gasteiger partial charge in [-0.2, -0.15) is 0 Å². The number of hydrogen-bond donors (Lipinski definition) is 2. The summed E-state index contributed by atoms with van der Waals surface area (Å²) in [5.74, 6) is 0.693. The first-order chi connectivity index (χ1) is 11.6. The van der Waals surface area contributed by atoms with Crippen LogP contribution in [0.3, 0.4) is 0 Å². The third kappa shape index (κ3) is 3.27. The Bertz CT molecular complexity index is 880. The summed E-state index contributed by atoms with van der Waals surface area (Å²) in [5.41, 5.74) is 4.89. The summed E-state index contributed by atoms with van der Waals surface area (Å²) < 4.78 is 5.59. The number of ether oxygens (including phenoxy) is 1. The number of para-hydroxylation sites is 1. The zero-order chi connectivity index (χ0) is 17.1. The van der Waals surface area contributed by atoms with Crippen LogP contribution in [0.4, 0.5) is 0 Å². The van der Waals surface area contributed by atoms with Crippen molar-refractivity contribution >= 4 is 16.8 Å². The maximum absolute atomic E-state index is 12.5. The third-order valence-corrected chi connectivity index (χ3v) is 4.05. The Hall–Kier alpha value is -2.75. The zero-order valence-electron chi connectivity index (χ0n) is 14.3. The second kappa shape index (κ2) is 6.79. The van der Waals surface area contributed by atoms with Crippen molar-refractivity contribution in [2.45, 2.75) is 27.3 Å². The predicted molar refractivity (Wildman–Crippen MR) is 96.6 cm³/mol. The van der Waals surface area contributed by atoms with E-state index in [0.29, 0.717) is 18.8 Å². The number of amides is 1. The number of aryl methyl sites for hydroxylation is 2. The number of hydrogen-bond acceptors (Lipinski definition) is 2. The van der Waals surface area contributed by atoms with E-state index in [2.05, 4.69) is 36.3 Å². The normalized spacial score (nSPS) is 10.8. The van der Waals surface area contributed by atoms with Crippen molar-refractivity contribution < 1.29 is 9.53 Å². The lowest BCUT2D eigenvalue weighted by molar-refractivity contribution is 0.0946.